The van der Waals surface area contributed by atoms with Gasteiger partial charge < -0.3 is 14.0 Å². The predicted octanol–water partition coefficient (Wildman–Crippen LogP) is 4.62. The van der Waals surface area contributed by atoms with Crippen LogP contribution in [0.15, 0.2) is 40.9 Å². The zero-order valence-electron chi connectivity index (χ0n) is 16.1. The summed E-state index contributed by atoms with van der Waals surface area (Å²) in [6.45, 7) is 3.78. The molecule has 2 aromatic rings. The molecule has 140 valence electrons. The minimum Gasteiger partial charge on any atom is -0.493 e. The molecule has 4 nitrogen and oxygen atoms in total. The number of rotatable bonds is 8. The third-order valence-electron chi connectivity index (χ3n) is 4.58. The third kappa shape index (κ3) is 5.08. The van der Waals surface area contributed by atoms with Crippen molar-refractivity contribution in [1.82, 2.24) is 0 Å². The van der Waals surface area contributed by atoms with Gasteiger partial charge in [-0.05, 0) is 40.5 Å². The van der Waals surface area contributed by atoms with Crippen LogP contribution in [0, 0.1) is 6.92 Å². The van der Waals surface area contributed by atoms with Crippen molar-refractivity contribution >= 4 is 21.7 Å². The van der Waals surface area contributed by atoms with Crippen molar-refractivity contribution in [2.24, 2.45) is 0 Å². The van der Waals surface area contributed by atoms with Gasteiger partial charge in [0.2, 0.25) is 0 Å². The van der Waals surface area contributed by atoms with Crippen molar-refractivity contribution < 1.29 is 18.8 Å². The highest BCUT2D eigenvalue weighted by atomic mass is 79.9. The van der Waals surface area contributed by atoms with Gasteiger partial charge >= 0.3 is 0 Å². The Morgan fingerprint density at radius 2 is 1.69 bits per heavy atom. The Labute approximate surface area is 164 Å². The number of carbonyl (C=O) groups is 1. The fraction of sp³-hybridized carbons (Fsp3) is 0.381. The first-order valence-electron chi connectivity index (χ1n) is 8.58. The smallest absolute Gasteiger partial charge is 0.169 e. The van der Waals surface area contributed by atoms with Crippen LogP contribution >= 0.6 is 15.9 Å². The molecule has 0 N–H and O–H groups in total. The van der Waals surface area contributed by atoms with E-state index in [1.807, 2.05) is 0 Å². The van der Waals surface area contributed by atoms with Gasteiger partial charge in [-0.25, -0.2) is 0 Å². The molecule has 0 amide bonds. The fourth-order valence-corrected chi connectivity index (χ4v) is 3.48. The van der Waals surface area contributed by atoms with Crippen LogP contribution < -0.4 is 9.47 Å². The molecule has 0 aliphatic heterocycles. The van der Waals surface area contributed by atoms with Crippen molar-refractivity contribution in [3.63, 3.8) is 0 Å². The molecule has 2 rings (SSSR count). The Morgan fingerprint density at radius 3 is 2.31 bits per heavy atom. The van der Waals surface area contributed by atoms with E-state index in [1.165, 1.54) is 11.1 Å². The molecule has 0 aliphatic carbocycles. The molecule has 5 heteroatoms. The largest absolute Gasteiger partial charge is 0.493 e. The van der Waals surface area contributed by atoms with E-state index in [0.29, 0.717) is 23.5 Å². The molecule has 26 heavy (non-hydrogen) atoms. The summed E-state index contributed by atoms with van der Waals surface area (Å²) in [7, 11) is 7.46. The monoisotopic (exact) mass is 420 g/mol. The van der Waals surface area contributed by atoms with Gasteiger partial charge in [-0.1, -0.05) is 24.3 Å². The number of ketones is 1. The number of carbonyl (C=O) groups excluding carboxylic acids is 1. The van der Waals surface area contributed by atoms with Gasteiger partial charge in [0.1, 0.15) is 6.54 Å². The second-order valence-corrected chi connectivity index (χ2v) is 7.96. The summed E-state index contributed by atoms with van der Waals surface area (Å²) in [6, 6.07) is 11.9. The van der Waals surface area contributed by atoms with Gasteiger partial charge in [-0.15, -0.1) is 0 Å². The number of ether oxygens (including phenoxy) is 2. The summed E-state index contributed by atoms with van der Waals surface area (Å²) in [4.78, 5) is 12.8. The number of hydrogen-bond acceptors (Lipinski definition) is 3. The number of aryl methyl sites for hydroxylation is 1. The first-order valence-corrected chi connectivity index (χ1v) is 9.38. The lowest BCUT2D eigenvalue weighted by Gasteiger charge is -2.30. The lowest BCUT2D eigenvalue weighted by atomic mass is 10.1. The molecule has 2 aromatic carbocycles. The summed E-state index contributed by atoms with van der Waals surface area (Å²) < 4.78 is 12.1. The number of halogens is 1. The van der Waals surface area contributed by atoms with Crippen LogP contribution in [-0.4, -0.2) is 45.1 Å². The normalized spacial score (nSPS) is 11.3. The third-order valence-corrected chi connectivity index (χ3v) is 5.23. The Morgan fingerprint density at radius 1 is 1.08 bits per heavy atom. The van der Waals surface area contributed by atoms with Gasteiger partial charge in [0.15, 0.2) is 17.3 Å². The molecule has 0 aromatic heterocycles. The molecule has 0 saturated carbocycles. The van der Waals surface area contributed by atoms with Crippen LogP contribution in [-0.2, 0) is 6.54 Å². The molecule has 0 unspecified atom stereocenters. The van der Waals surface area contributed by atoms with Gasteiger partial charge in [0, 0.05) is 15.6 Å². The average Bonchev–Trinajstić information content (AvgIpc) is 2.61. The Hall–Kier alpha value is -1.85. The first kappa shape index (κ1) is 20.5. The number of Topliss-reactive ketones (excluding diaryl/α,β-unsaturated/α-hetero) is 1. The van der Waals surface area contributed by atoms with Gasteiger partial charge in [0.25, 0.3) is 0 Å². The predicted molar refractivity (Wildman–Crippen MR) is 108 cm³/mol. The number of methoxy groups -OCH3 is 2. The lowest BCUT2D eigenvalue weighted by Crippen LogP contribution is -2.40. The van der Waals surface area contributed by atoms with Gasteiger partial charge in [0.05, 0.1) is 41.3 Å². The van der Waals surface area contributed by atoms with Gasteiger partial charge in [-0.2, -0.15) is 0 Å². The number of hydrogen-bond donors (Lipinski definition) is 0. The number of benzene rings is 2. The van der Waals surface area contributed by atoms with E-state index in [4.69, 9.17) is 9.47 Å². The van der Waals surface area contributed by atoms with E-state index in [0.717, 1.165) is 22.0 Å². The molecular weight excluding hydrogens is 394 g/mol. The quantitative estimate of drug-likeness (QED) is 0.461. The van der Waals surface area contributed by atoms with Crippen LogP contribution in [0.3, 0.4) is 0 Å². The molecule has 0 fully saturated rings. The van der Waals surface area contributed by atoms with E-state index in [9.17, 15) is 4.79 Å². The minimum atomic E-state index is 0.0915. The second kappa shape index (κ2) is 8.69. The van der Waals surface area contributed by atoms with Gasteiger partial charge in [-0.3, -0.25) is 4.79 Å². The van der Waals surface area contributed by atoms with Crippen LogP contribution in [0.25, 0.3) is 0 Å². The maximum absolute atomic E-state index is 12.8. The van der Waals surface area contributed by atoms with Crippen molar-refractivity contribution in [3.05, 3.63) is 57.6 Å². The topological polar surface area (TPSA) is 35.5 Å². The molecule has 0 heterocycles. The summed E-state index contributed by atoms with van der Waals surface area (Å²) in [5.41, 5.74) is 3.23. The number of quaternary nitrogens is 1. The second-order valence-electron chi connectivity index (χ2n) is 7.10. The van der Waals surface area contributed by atoms with E-state index in [-0.39, 0.29) is 5.78 Å². The highest BCUT2D eigenvalue weighted by Gasteiger charge is 2.21. The van der Waals surface area contributed by atoms with Crippen LogP contribution in [0.4, 0.5) is 0 Å². The van der Waals surface area contributed by atoms with Crippen molar-refractivity contribution in [2.45, 2.75) is 19.9 Å². The molecule has 0 aliphatic rings. The van der Waals surface area contributed by atoms with E-state index in [1.54, 1.807) is 26.4 Å². The highest BCUT2D eigenvalue weighted by molar-refractivity contribution is 9.10. The summed E-state index contributed by atoms with van der Waals surface area (Å²) in [5, 5.41) is 0. The van der Waals surface area contributed by atoms with E-state index in [2.05, 4.69) is 61.2 Å². The van der Waals surface area contributed by atoms with E-state index < -0.39 is 0 Å². The lowest BCUT2D eigenvalue weighted by molar-refractivity contribution is -0.903. The Balaban J connectivity index is 2.09. The van der Waals surface area contributed by atoms with E-state index >= 15 is 0 Å². The van der Waals surface area contributed by atoms with Crippen molar-refractivity contribution in [1.29, 1.82) is 0 Å². The maximum atomic E-state index is 12.8. The van der Waals surface area contributed by atoms with Crippen LogP contribution in [0.5, 0.6) is 11.5 Å². The molecule has 0 radical (unpaired) electrons. The Bertz CT molecular complexity index is 787. The highest BCUT2D eigenvalue weighted by Crippen LogP contribution is 2.34. The van der Waals surface area contributed by atoms with Crippen LogP contribution in [0.2, 0.25) is 0 Å². The van der Waals surface area contributed by atoms with Crippen molar-refractivity contribution in [3.8, 4) is 11.5 Å². The number of nitrogens with zero attached hydrogens (tertiary/aromatic N) is 1. The SMILES string of the molecule is COc1cc(Br)c(C(=O)CC[N+](C)(C)Cc2ccccc2C)cc1OC. The molecule has 0 spiro atoms. The standard InChI is InChI=1S/C21H27BrNO3/c1-15-8-6-7-9-16(15)14-23(2,3)11-10-19(24)17-12-20(25-4)21(26-5)13-18(17)22/h6-9,12-13H,10-11,14H2,1-5H3/q+1. The average molecular weight is 421 g/mol. The summed E-state index contributed by atoms with van der Waals surface area (Å²) in [6.07, 6.45) is 0.465. The summed E-state index contributed by atoms with van der Waals surface area (Å²) >= 11 is 3.47. The summed E-state index contributed by atoms with van der Waals surface area (Å²) in [5.74, 6) is 1.26. The maximum Gasteiger partial charge on any atom is 0.169 e. The minimum absolute atomic E-state index is 0.0915. The fourth-order valence-electron chi connectivity index (χ4n) is 2.93. The van der Waals surface area contributed by atoms with Crippen LogP contribution in [0.1, 0.15) is 27.9 Å². The zero-order valence-corrected chi connectivity index (χ0v) is 17.7. The van der Waals surface area contributed by atoms with Crippen molar-refractivity contribution in [2.75, 3.05) is 34.9 Å². The Kier molecular flexibility index (Phi) is 6.84. The zero-order chi connectivity index (χ0) is 19.3. The molecule has 0 saturated heterocycles. The molecule has 0 bridgehead atoms. The molecule has 0 atom stereocenters. The first-order chi connectivity index (χ1) is 12.3. The molecular formula is C21H27BrNO3+.